The third kappa shape index (κ3) is 5.40. The molecule has 0 bridgehead atoms. The Kier molecular flexibility index (Phi) is 7.88. The third-order valence-electron chi connectivity index (χ3n) is 4.77. The molecule has 1 saturated carbocycles. The number of benzene rings is 1. The molecule has 1 heterocycles. The Balaban J connectivity index is 0.00000208. The van der Waals surface area contributed by atoms with Gasteiger partial charge in [0.25, 0.3) is 0 Å². The topological polar surface area (TPSA) is 66.2 Å². The average Bonchev–Trinajstić information content (AvgIpc) is 2.80. The van der Waals surface area contributed by atoms with Crippen LogP contribution >= 0.6 is 24.0 Å². The first kappa shape index (κ1) is 19.1. The molecule has 132 valence electrons. The molecule has 1 aromatic heterocycles. The van der Waals surface area contributed by atoms with Crippen molar-refractivity contribution in [2.75, 3.05) is 6.54 Å². The fraction of sp³-hybridized carbons (Fsp3) is 0.526. The van der Waals surface area contributed by atoms with E-state index in [9.17, 15) is 0 Å². The molecule has 0 saturated heterocycles. The highest BCUT2D eigenvalue weighted by molar-refractivity contribution is 14.0. The number of rotatable bonds is 5. The second-order valence-corrected chi connectivity index (χ2v) is 6.56. The maximum absolute atomic E-state index is 6.04. The number of hydrogen-bond donors (Lipinski definition) is 3. The number of para-hydroxylation sites is 1. The molecule has 1 aliphatic carbocycles. The molecule has 1 aromatic carbocycles. The molecule has 0 amide bonds. The lowest BCUT2D eigenvalue weighted by atomic mass is 10.1. The second-order valence-electron chi connectivity index (χ2n) is 6.56. The molecule has 24 heavy (non-hydrogen) atoms. The Bertz CT molecular complexity index is 642. The molecule has 0 spiro atoms. The molecular weight excluding hydrogens is 411 g/mol. The Morgan fingerprint density at radius 2 is 1.92 bits per heavy atom. The highest BCUT2D eigenvalue weighted by Gasteiger charge is 2.12. The van der Waals surface area contributed by atoms with Gasteiger partial charge in [-0.1, -0.05) is 43.9 Å². The van der Waals surface area contributed by atoms with E-state index < -0.39 is 0 Å². The van der Waals surface area contributed by atoms with Gasteiger partial charge in [-0.05, 0) is 37.3 Å². The molecule has 3 rings (SSSR count). The number of nitrogens with zero attached hydrogens (tertiary/aromatic N) is 1. The van der Waals surface area contributed by atoms with E-state index in [4.69, 9.17) is 5.73 Å². The maximum Gasteiger partial charge on any atom is 0.188 e. The number of nitrogens with one attached hydrogen (secondary N) is 2. The lowest BCUT2D eigenvalue weighted by Gasteiger charge is -2.16. The van der Waals surface area contributed by atoms with Crippen molar-refractivity contribution in [1.82, 2.24) is 10.3 Å². The Hall–Kier alpha value is -1.24. The van der Waals surface area contributed by atoms with Gasteiger partial charge in [0.05, 0.1) is 0 Å². The van der Waals surface area contributed by atoms with Gasteiger partial charge in [0, 0.05) is 29.7 Å². The lowest BCUT2D eigenvalue weighted by molar-refractivity contribution is 0.530. The van der Waals surface area contributed by atoms with Gasteiger partial charge in [0.1, 0.15) is 0 Å². The van der Waals surface area contributed by atoms with Crippen molar-refractivity contribution < 1.29 is 0 Å². The van der Waals surface area contributed by atoms with Gasteiger partial charge < -0.3 is 16.0 Å². The summed E-state index contributed by atoms with van der Waals surface area (Å²) in [7, 11) is 0. The molecule has 0 atom stereocenters. The fourth-order valence-electron chi connectivity index (χ4n) is 3.49. The molecule has 1 aliphatic rings. The predicted octanol–water partition coefficient (Wildman–Crippen LogP) is 4.35. The monoisotopic (exact) mass is 440 g/mol. The summed E-state index contributed by atoms with van der Waals surface area (Å²) >= 11 is 0. The molecule has 4 N–H and O–H groups in total. The number of hydrogen-bond acceptors (Lipinski definition) is 1. The third-order valence-corrected chi connectivity index (χ3v) is 4.77. The maximum atomic E-state index is 6.04. The standard InChI is InChI=1S/C19H28N4.HI/c20-19(23-16-9-3-1-2-4-10-16)21-13-7-8-15-14-22-18-12-6-5-11-17(15)18;/h5-6,11-12,14,16,22H,1-4,7-10,13H2,(H3,20,21,23);1H. The van der Waals surface area contributed by atoms with E-state index >= 15 is 0 Å². The number of guanidine groups is 1. The number of H-pyrrole nitrogens is 1. The number of aryl methyl sites for hydroxylation is 1. The molecular formula is C19H29IN4. The van der Waals surface area contributed by atoms with Crippen LogP contribution in [0.2, 0.25) is 0 Å². The van der Waals surface area contributed by atoms with Crippen LogP contribution in [0.5, 0.6) is 0 Å². The van der Waals surface area contributed by atoms with Gasteiger partial charge in [-0.25, -0.2) is 0 Å². The van der Waals surface area contributed by atoms with Crippen molar-refractivity contribution in [3.8, 4) is 0 Å². The number of aromatic nitrogens is 1. The van der Waals surface area contributed by atoms with Gasteiger partial charge in [0.15, 0.2) is 5.96 Å². The molecule has 0 radical (unpaired) electrons. The lowest BCUT2D eigenvalue weighted by Crippen LogP contribution is -2.39. The minimum atomic E-state index is 0. The largest absolute Gasteiger partial charge is 0.370 e. The van der Waals surface area contributed by atoms with Crippen molar-refractivity contribution in [1.29, 1.82) is 0 Å². The van der Waals surface area contributed by atoms with E-state index in [-0.39, 0.29) is 24.0 Å². The van der Waals surface area contributed by atoms with E-state index in [1.54, 1.807) is 0 Å². The minimum absolute atomic E-state index is 0. The SMILES string of the molecule is I.NC(=NCCCc1c[nH]c2ccccc12)NC1CCCCCC1. The summed E-state index contributed by atoms with van der Waals surface area (Å²) in [5.74, 6) is 0.621. The molecule has 0 unspecified atom stereocenters. The highest BCUT2D eigenvalue weighted by atomic mass is 127. The second kappa shape index (κ2) is 9.91. The molecule has 5 heteroatoms. The zero-order valence-corrected chi connectivity index (χ0v) is 16.6. The molecule has 0 aliphatic heterocycles. The van der Waals surface area contributed by atoms with E-state index in [1.807, 2.05) is 0 Å². The van der Waals surface area contributed by atoms with Crippen LogP contribution in [0, 0.1) is 0 Å². The van der Waals surface area contributed by atoms with Crippen LogP contribution in [-0.4, -0.2) is 23.5 Å². The highest BCUT2D eigenvalue weighted by Crippen LogP contribution is 2.19. The van der Waals surface area contributed by atoms with E-state index in [2.05, 4.69) is 45.8 Å². The number of halogens is 1. The summed E-state index contributed by atoms with van der Waals surface area (Å²) in [6.07, 6.45) is 12.0. The molecule has 4 nitrogen and oxygen atoms in total. The first-order valence-electron chi connectivity index (χ1n) is 8.94. The van der Waals surface area contributed by atoms with Crippen LogP contribution in [0.4, 0.5) is 0 Å². The number of nitrogens with two attached hydrogens (primary N) is 1. The zero-order valence-electron chi connectivity index (χ0n) is 14.3. The number of aromatic amines is 1. The number of fused-ring (bicyclic) bond motifs is 1. The molecule has 2 aromatic rings. The van der Waals surface area contributed by atoms with Crippen LogP contribution < -0.4 is 11.1 Å². The van der Waals surface area contributed by atoms with Gasteiger partial charge in [0.2, 0.25) is 0 Å². The zero-order chi connectivity index (χ0) is 15.9. The summed E-state index contributed by atoms with van der Waals surface area (Å²) in [6, 6.07) is 8.96. The first-order valence-corrected chi connectivity index (χ1v) is 8.94. The van der Waals surface area contributed by atoms with E-state index in [1.165, 1.54) is 55.0 Å². The summed E-state index contributed by atoms with van der Waals surface area (Å²) in [5.41, 5.74) is 8.61. The quantitative estimate of drug-likeness (QED) is 0.213. The van der Waals surface area contributed by atoms with Crippen molar-refractivity contribution in [3.63, 3.8) is 0 Å². The van der Waals surface area contributed by atoms with Crippen molar-refractivity contribution in [3.05, 3.63) is 36.0 Å². The summed E-state index contributed by atoms with van der Waals surface area (Å²) in [5, 5.41) is 4.72. The van der Waals surface area contributed by atoms with Crippen LogP contribution in [0.15, 0.2) is 35.5 Å². The Morgan fingerprint density at radius 1 is 1.17 bits per heavy atom. The molecule has 1 fully saturated rings. The fourth-order valence-corrected chi connectivity index (χ4v) is 3.49. The predicted molar refractivity (Wildman–Crippen MR) is 113 cm³/mol. The van der Waals surface area contributed by atoms with Gasteiger partial charge in [-0.2, -0.15) is 0 Å². The van der Waals surface area contributed by atoms with Gasteiger partial charge >= 0.3 is 0 Å². The van der Waals surface area contributed by atoms with Crippen LogP contribution in [-0.2, 0) is 6.42 Å². The Labute approximate surface area is 161 Å². The van der Waals surface area contributed by atoms with Crippen LogP contribution in [0.3, 0.4) is 0 Å². The number of aliphatic imine (C=N–C) groups is 1. The van der Waals surface area contributed by atoms with Gasteiger partial charge in [-0.3, -0.25) is 4.99 Å². The van der Waals surface area contributed by atoms with Crippen LogP contribution in [0.1, 0.15) is 50.5 Å². The van der Waals surface area contributed by atoms with E-state index in [0.29, 0.717) is 12.0 Å². The van der Waals surface area contributed by atoms with Crippen molar-refractivity contribution >= 4 is 40.8 Å². The smallest absolute Gasteiger partial charge is 0.188 e. The van der Waals surface area contributed by atoms with E-state index in [0.717, 1.165) is 19.4 Å². The summed E-state index contributed by atoms with van der Waals surface area (Å²) in [4.78, 5) is 7.83. The van der Waals surface area contributed by atoms with Crippen molar-refractivity contribution in [2.24, 2.45) is 10.7 Å². The first-order chi connectivity index (χ1) is 11.3. The average molecular weight is 440 g/mol. The van der Waals surface area contributed by atoms with Crippen LogP contribution in [0.25, 0.3) is 10.9 Å². The minimum Gasteiger partial charge on any atom is -0.370 e. The normalized spacial score (nSPS) is 16.6. The Morgan fingerprint density at radius 3 is 2.71 bits per heavy atom. The van der Waals surface area contributed by atoms with Crippen molar-refractivity contribution in [2.45, 2.75) is 57.4 Å². The summed E-state index contributed by atoms with van der Waals surface area (Å²) in [6.45, 7) is 0.783. The van der Waals surface area contributed by atoms with Gasteiger partial charge in [-0.15, -0.1) is 24.0 Å². The summed E-state index contributed by atoms with van der Waals surface area (Å²) < 4.78 is 0.